The van der Waals surface area contributed by atoms with Gasteiger partial charge < -0.3 is 0 Å². The highest BCUT2D eigenvalue weighted by Crippen LogP contribution is 2.27. The van der Waals surface area contributed by atoms with Gasteiger partial charge in [-0.2, -0.15) is 8.42 Å². The number of unbranched alkanes of at least 4 members (excludes halogenated alkanes) is 3. The largest absolute Gasteiger partial charge is 0.339 e. The SMILES string of the molecule is CCCCCCC(=O)C[S+](CC1CCCCC1)OS(=O)(=O)c1ccc(C)cc1. The van der Waals surface area contributed by atoms with Gasteiger partial charge in [0.15, 0.2) is 17.0 Å². The second kappa shape index (κ2) is 12.0. The summed E-state index contributed by atoms with van der Waals surface area (Å²) in [6.07, 6.45) is 10.6. The summed E-state index contributed by atoms with van der Waals surface area (Å²) in [6.45, 7) is 4.06. The number of aryl methyl sites for hydroxylation is 1. The van der Waals surface area contributed by atoms with Crippen LogP contribution >= 0.6 is 0 Å². The first-order chi connectivity index (χ1) is 13.4. The maximum absolute atomic E-state index is 12.7. The van der Waals surface area contributed by atoms with Gasteiger partial charge in [-0.3, -0.25) is 4.79 Å². The van der Waals surface area contributed by atoms with Crippen LogP contribution in [0.2, 0.25) is 0 Å². The Labute approximate surface area is 174 Å². The number of carbonyl (C=O) groups excluding carboxylic acids is 1. The van der Waals surface area contributed by atoms with Gasteiger partial charge in [0.1, 0.15) is 5.75 Å². The smallest absolute Gasteiger partial charge is 0.294 e. The zero-order chi connectivity index (χ0) is 20.4. The van der Waals surface area contributed by atoms with E-state index in [0.717, 1.165) is 44.1 Å². The number of hydrogen-bond donors (Lipinski definition) is 0. The van der Waals surface area contributed by atoms with Crippen molar-refractivity contribution in [3.05, 3.63) is 29.8 Å². The van der Waals surface area contributed by atoms with Crippen molar-refractivity contribution in [2.24, 2.45) is 5.92 Å². The van der Waals surface area contributed by atoms with Crippen LogP contribution in [0, 0.1) is 12.8 Å². The topological polar surface area (TPSA) is 60.4 Å². The molecule has 4 nitrogen and oxygen atoms in total. The molecule has 1 aliphatic carbocycles. The molecule has 158 valence electrons. The molecule has 2 rings (SSSR count). The highest BCUT2D eigenvalue weighted by molar-refractivity contribution is 8.03. The van der Waals surface area contributed by atoms with Gasteiger partial charge in [0, 0.05) is 12.3 Å². The first-order valence-electron chi connectivity index (χ1n) is 10.6. The molecule has 1 atom stereocenters. The van der Waals surface area contributed by atoms with Crippen LogP contribution < -0.4 is 0 Å². The van der Waals surface area contributed by atoms with Gasteiger partial charge in [-0.1, -0.05) is 63.1 Å². The summed E-state index contributed by atoms with van der Waals surface area (Å²) in [4.78, 5) is 12.6. The van der Waals surface area contributed by atoms with E-state index in [1.54, 1.807) is 24.3 Å². The molecule has 6 heteroatoms. The van der Waals surface area contributed by atoms with Gasteiger partial charge in [0.05, 0.1) is 4.90 Å². The third-order valence-corrected chi connectivity index (χ3v) is 9.10. The highest BCUT2D eigenvalue weighted by atomic mass is 32.3. The van der Waals surface area contributed by atoms with Crippen molar-refractivity contribution in [2.45, 2.75) is 83.0 Å². The van der Waals surface area contributed by atoms with E-state index in [4.69, 9.17) is 3.63 Å². The molecule has 1 aromatic carbocycles. The molecule has 0 N–H and O–H groups in total. The van der Waals surface area contributed by atoms with Crippen molar-refractivity contribution in [1.82, 2.24) is 0 Å². The van der Waals surface area contributed by atoms with Crippen molar-refractivity contribution >= 4 is 27.1 Å². The van der Waals surface area contributed by atoms with Crippen molar-refractivity contribution in [1.29, 1.82) is 0 Å². The maximum Gasteiger partial charge on any atom is 0.339 e. The zero-order valence-electron chi connectivity index (χ0n) is 17.3. The van der Waals surface area contributed by atoms with E-state index >= 15 is 0 Å². The first kappa shape index (κ1) is 23.4. The third kappa shape index (κ3) is 8.26. The minimum atomic E-state index is -3.84. The van der Waals surface area contributed by atoms with Crippen molar-refractivity contribution in [2.75, 3.05) is 11.5 Å². The van der Waals surface area contributed by atoms with Crippen LogP contribution in [0.5, 0.6) is 0 Å². The highest BCUT2D eigenvalue weighted by Gasteiger charge is 2.36. The Balaban J connectivity index is 2.01. The Bertz CT molecular complexity index is 692. The van der Waals surface area contributed by atoms with E-state index in [1.165, 1.54) is 19.3 Å². The third-order valence-electron chi connectivity index (χ3n) is 5.27. The minimum absolute atomic E-state index is 0.134. The van der Waals surface area contributed by atoms with E-state index in [0.29, 0.717) is 18.1 Å². The number of benzene rings is 1. The van der Waals surface area contributed by atoms with E-state index < -0.39 is 21.3 Å². The molecule has 1 saturated carbocycles. The summed E-state index contributed by atoms with van der Waals surface area (Å²) in [7, 11) is -3.84. The molecule has 0 aliphatic heterocycles. The Morgan fingerprint density at radius 3 is 2.39 bits per heavy atom. The predicted molar refractivity (Wildman–Crippen MR) is 117 cm³/mol. The second-order valence-corrected chi connectivity index (χ2v) is 11.4. The quantitative estimate of drug-likeness (QED) is 0.333. The van der Waals surface area contributed by atoms with Crippen molar-refractivity contribution in [3.63, 3.8) is 0 Å². The number of rotatable bonds is 12. The van der Waals surface area contributed by atoms with Gasteiger partial charge in [0.2, 0.25) is 5.75 Å². The molecule has 1 unspecified atom stereocenters. The number of ketones is 1. The van der Waals surface area contributed by atoms with Crippen LogP contribution in [0.15, 0.2) is 29.2 Å². The molecule has 0 spiro atoms. The van der Waals surface area contributed by atoms with Crippen molar-refractivity contribution in [3.8, 4) is 0 Å². The fourth-order valence-electron chi connectivity index (χ4n) is 3.60. The lowest BCUT2D eigenvalue weighted by Crippen LogP contribution is -2.29. The van der Waals surface area contributed by atoms with Gasteiger partial charge in [-0.25, -0.2) is 0 Å². The number of carbonyl (C=O) groups is 1. The zero-order valence-corrected chi connectivity index (χ0v) is 19.0. The average molecular weight is 428 g/mol. The predicted octanol–water partition coefficient (Wildman–Crippen LogP) is 5.35. The van der Waals surface area contributed by atoms with Crippen LogP contribution in [0.3, 0.4) is 0 Å². The van der Waals surface area contributed by atoms with E-state index in [-0.39, 0.29) is 16.4 Å². The fourth-order valence-corrected chi connectivity index (χ4v) is 7.29. The summed E-state index contributed by atoms with van der Waals surface area (Å²) in [6, 6.07) is 6.71. The average Bonchev–Trinajstić information content (AvgIpc) is 2.66. The lowest BCUT2D eigenvalue weighted by Gasteiger charge is -2.20. The van der Waals surface area contributed by atoms with Crippen LogP contribution in [-0.4, -0.2) is 25.7 Å². The molecule has 0 saturated heterocycles. The number of hydrogen-bond acceptors (Lipinski definition) is 4. The molecule has 0 amide bonds. The molecular weight excluding hydrogens is 392 g/mol. The van der Waals surface area contributed by atoms with Gasteiger partial charge in [-0.05, 0) is 41.9 Å². The van der Waals surface area contributed by atoms with E-state index in [9.17, 15) is 13.2 Å². The fraction of sp³-hybridized carbons (Fsp3) is 0.682. The molecule has 1 aromatic rings. The second-order valence-electron chi connectivity index (χ2n) is 7.94. The van der Waals surface area contributed by atoms with Crippen LogP contribution in [0.1, 0.15) is 76.7 Å². The van der Waals surface area contributed by atoms with E-state index in [1.807, 2.05) is 6.92 Å². The summed E-state index contributed by atoms with van der Waals surface area (Å²) in [5.41, 5.74) is 1.00. The van der Waals surface area contributed by atoms with Crippen LogP contribution in [-0.2, 0) is 29.7 Å². The standard InChI is InChI=1S/C22H35O4S2/c1-3-4-5-9-12-21(23)18-27(17-20-10-7-6-8-11-20)26-28(24,25)22-15-13-19(2)14-16-22/h13-16,20H,3-12,17-18H2,1-2H3/q+1. The maximum atomic E-state index is 12.7. The molecule has 0 bridgehead atoms. The van der Waals surface area contributed by atoms with Gasteiger partial charge in [-0.15, -0.1) is 0 Å². The van der Waals surface area contributed by atoms with Crippen LogP contribution in [0.4, 0.5) is 0 Å². The first-order valence-corrected chi connectivity index (χ1v) is 13.5. The Hall–Kier alpha value is -0.850. The minimum Gasteiger partial charge on any atom is -0.294 e. The summed E-state index contributed by atoms with van der Waals surface area (Å²) in [5, 5.41) is 0. The molecular formula is C22H35O4S2+. The molecule has 28 heavy (non-hydrogen) atoms. The Morgan fingerprint density at radius 1 is 1.07 bits per heavy atom. The lowest BCUT2D eigenvalue weighted by atomic mass is 9.91. The molecule has 1 aliphatic rings. The lowest BCUT2D eigenvalue weighted by molar-refractivity contribution is -0.116. The number of Topliss-reactive ketones (excluding diaryl/α,β-unsaturated/α-hetero) is 1. The Kier molecular flexibility index (Phi) is 10.0. The monoisotopic (exact) mass is 427 g/mol. The van der Waals surface area contributed by atoms with Crippen LogP contribution in [0.25, 0.3) is 0 Å². The summed E-state index contributed by atoms with van der Waals surface area (Å²) in [5.74, 6) is 1.52. The van der Waals surface area contributed by atoms with E-state index in [2.05, 4.69) is 6.92 Å². The van der Waals surface area contributed by atoms with Gasteiger partial charge in [0.25, 0.3) is 0 Å². The molecule has 0 radical (unpaired) electrons. The Morgan fingerprint density at radius 2 is 1.75 bits per heavy atom. The normalized spacial score (nSPS) is 16.8. The van der Waals surface area contributed by atoms with Gasteiger partial charge >= 0.3 is 10.1 Å². The molecule has 1 fully saturated rings. The summed E-state index contributed by atoms with van der Waals surface area (Å²) < 4.78 is 31.1. The summed E-state index contributed by atoms with van der Waals surface area (Å²) >= 11 is -0.872. The molecule has 0 heterocycles. The van der Waals surface area contributed by atoms with Crippen molar-refractivity contribution < 1.29 is 16.8 Å². The molecule has 0 aromatic heterocycles.